The monoisotopic (exact) mass is 201 g/mol. The zero-order valence-electron chi connectivity index (χ0n) is 7.01. The van der Waals surface area contributed by atoms with Gasteiger partial charge in [-0.1, -0.05) is 18.5 Å². The topological polar surface area (TPSA) is 26.0 Å². The summed E-state index contributed by atoms with van der Waals surface area (Å²) in [5.74, 6) is 0.673. The molecule has 0 aliphatic heterocycles. The molecular weight excluding hydrogens is 190 g/mol. The number of rotatable bonds is 2. The van der Waals surface area contributed by atoms with Crippen LogP contribution >= 0.6 is 22.9 Å². The van der Waals surface area contributed by atoms with Gasteiger partial charge in [0.05, 0.1) is 4.34 Å². The number of thiophene rings is 1. The van der Waals surface area contributed by atoms with Crippen molar-refractivity contribution in [3.8, 4) is 0 Å². The van der Waals surface area contributed by atoms with E-state index in [1.807, 2.05) is 6.07 Å². The van der Waals surface area contributed by atoms with Crippen LogP contribution in [-0.2, 0) is 5.41 Å². The average molecular weight is 202 g/mol. The lowest BCUT2D eigenvalue weighted by molar-refractivity contribution is 0.678. The molecule has 12 heavy (non-hydrogen) atoms. The molecule has 2 unspecified atom stereocenters. The molecule has 0 amide bonds. The number of hydrogen-bond acceptors (Lipinski definition) is 2. The Balaban J connectivity index is 2.22. The second-order valence-electron chi connectivity index (χ2n) is 3.66. The van der Waals surface area contributed by atoms with E-state index in [2.05, 4.69) is 13.0 Å². The molecule has 1 aromatic rings. The summed E-state index contributed by atoms with van der Waals surface area (Å²) in [5.41, 5.74) is 5.97. The first-order valence-electron chi connectivity index (χ1n) is 4.12. The predicted octanol–water partition coefficient (Wildman–Crippen LogP) is 2.64. The molecule has 1 nitrogen and oxygen atoms in total. The molecule has 0 radical (unpaired) electrons. The lowest BCUT2D eigenvalue weighted by Gasteiger charge is -2.06. The van der Waals surface area contributed by atoms with Crippen molar-refractivity contribution in [3.05, 3.63) is 21.3 Å². The molecule has 0 aromatic carbocycles. The molecule has 0 spiro atoms. The van der Waals surface area contributed by atoms with Crippen molar-refractivity contribution in [1.29, 1.82) is 0 Å². The fourth-order valence-electron chi connectivity index (χ4n) is 1.72. The third-order valence-corrected chi connectivity index (χ3v) is 4.34. The van der Waals surface area contributed by atoms with Gasteiger partial charge in [-0.15, -0.1) is 11.3 Å². The van der Waals surface area contributed by atoms with Gasteiger partial charge in [0, 0.05) is 10.3 Å². The minimum atomic E-state index is 0.340. The highest BCUT2D eigenvalue weighted by molar-refractivity contribution is 7.16. The molecule has 1 aliphatic carbocycles. The maximum absolute atomic E-state index is 5.87. The minimum absolute atomic E-state index is 0.340. The average Bonchev–Trinajstić information content (AvgIpc) is 2.50. The summed E-state index contributed by atoms with van der Waals surface area (Å²) in [6.45, 7) is 3.07. The first-order chi connectivity index (χ1) is 5.66. The summed E-state index contributed by atoms with van der Waals surface area (Å²) in [7, 11) is 0. The van der Waals surface area contributed by atoms with E-state index in [4.69, 9.17) is 17.3 Å². The van der Waals surface area contributed by atoms with Gasteiger partial charge in [-0.25, -0.2) is 0 Å². The molecule has 66 valence electrons. The van der Waals surface area contributed by atoms with Gasteiger partial charge in [0.1, 0.15) is 0 Å². The van der Waals surface area contributed by atoms with Crippen LogP contribution in [0.5, 0.6) is 0 Å². The zero-order chi connectivity index (χ0) is 8.77. The molecule has 1 aromatic heterocycles. The summed E-state index contributed by atoms with van der Waals surface area (Å²) < 4.78 is 0.883. The summed E-state index contributed by atoms with van der Waals surface area (Å²) >= 11 is 7.56. The fraction of sp³-hybridized carbons (Fsp3) is 0.556. The maximum atomic E-state index is 5.87. The molecule has 1 saturated carbocycles. The standard InChI is InChI=1S/C9H12ClNS/c1-9(4-6(9)5-11)7-2-3-8(10)12-7/h2-3,6H,4-5,11H2,1H3. The predicted molar refractivity (Wildman–Crippen MR) is 53.8 cm³/mol. The van der Waals surface area contributed by atoms with Gasteiger partial charge in [-0.2, -0.15) is 0 Å². The van der Waals surface area contributed by atoms with Gasteiger partial charge in [0.15, 0.2) is 0 Å². The highest BCUT2D eigenvalue weighted by Gasteiger charge is 2.50. The van der Waals surface area contributed by atoms with Crippen LogP contribution in [0, 0.1) is 5.92 Å². The molecule has 3 heteroatoms. The van der Waals surface area contributed by atoms with Crippen LogP contribution in [0.15, 0.2) is 12.1 Å². The van der Waals surface area contributed by atoms with Crippen LogP contribution in [0.25, 0.3) is 0 Å². The van der Waals surface area contributed by atoms with Gasteiger partial charge in [0.2, 0.25) is 0 Å². The van der Waals surface area contributed by atoms with Crippen molar-refractivity contribution < 1.29 is 0 Å². The van der Waals surface area contributed by atoms with Crippen LogP contribution in [0.1, 0.15) is 18.2 Å². The number of halogens is 1. The third-order valence-electron chi connectivity index (χ3n) is 2.83. The van der Waals surface area contributed by atoms with Crippen molar-refractivity contribution in [3.63, 3.8) is 0 Å². The Labute approximate surface area is 81.5 Å². The van der Waals surface area contributed by atoms with Crippen molar-refractivity contribution in [2.24, 2.45) is 11.7 Å². The van der Waals surface area contributed by atoms with E-state index in [-0.39, 0.29) is 0 Å². The third kappa shape index (κ3) is 1.18. The van der Waals surface area contributed by atoms with E-state index in [1.165, 1.54) is 11.3 Å². The highest BCUT2D eigenvalue weighted by atomic mass is 35.5. The molecule has 1 heterocycles. The summed E-state index contributed by atoms with van der Waals surface area (Å²) in [6, 6.07) is 4.10. The van der Waals surface area contributed by atoms with Crippen molar-refractivity contribution in [2.45, 2.75) is 18.8 Å². The molecule has 1 fully saturated rings. The lowest BCUT2D eigenvalue weighted by Crippen LogP contribution is -2.10. The quantitative estimate of drug-likeness (QED) is 0.783. The van der Waals surface area contributed by atoms with Gasteiger partial charge >= 0.3 is 0 Å². The SMILES string of the molecule is CC1(c2ccc(Cl)s2)CC1CN. The minimum Gasteiger partial charge on any atom is -0.330 e. The molecule has 0 bridgehead atoms. The Morgan fingerprint density at radius 2 is 2.50 bits per heavy atom. The Bertz CT molecular complexity index is 296. The van der Waals surface area contributed by atoms with E-state index in [1.54, 1.807) is 11.3 Å². The van der Waals surface area contributed by atoms with Crippen LogP contribution < -0.4 is 5.73 Å². The van der Waals surface area contributed by atoms with Gasteiger partial charge < -0.3 is 5.73 Å². The van der Waals surface area contributed by atoms with Gasteiger partial charge in [-0.3, -0.25) is 0 Å². The maximum Gasteiger partial charge on any atom is 0.0931 e. The molecule has 2 N–H and O–H groups in total. The number of hydrogen-bond donors (Lipinski definition) is 1. The fourth-order valence-corrected chi connectivity index (χ4v) is 3.00. The van der Waals surface area contributed by atoms with Crippen LogP contribution in [0.2, 0.25) is 4.34 Å². The van der Waals surface area contributed by atoms with E-state index in [0.29, 0.717) is 11.3 Å². The van der Waals surface area contributed by atoms with Gasteiger partial charge in [0.25, 0.3) is 0 Å². The highest BCUT2D eigenvalue weighted by Crippen LogP contribution is 2.55. The summed E-state index contributed by atoms with van der Waals surface area (Å²) in [6.07, 6.45) is 1.22. The Kier molecular flexibility index (Phi) is 1.94. The molecular formula is C9H12ClNS. The molecule has 0 saturated heterocycles. The number of nitrogens with two attached hydrogens (primary N) is 1. The molecule has 2 atom stereocenters. The molecule has 2 rings (SSSR count). The van der Waals surface area contributed by atoms with E-state index in [0.717, 1.165) is 10.9 Å². The van der Waals surface area contributed by atoms with Crippen molar-refractivity contribution >= 4 is 22.9 Å². The normalized spacial score (nSPS) is 33.8. The Hall–Kier alpha value is -0.0500. The van der Waals surface area contributed by atoms with Crippen LogP contribution in [-0.4, -0.2) is 6.54 Å². The Morgan fingerprint density at radius 1 is 1.75 bits per heavy atom. The molecule has 1 aliphatic rings. The lowest BCUT2D eigenvalue weighted by atomic mass is 10.1. The first kappa shape index (κ1) is 8.54. The summed E-state index contributed by atoms with van der Waals surface area (Å²) in [4.78, 5) is 1.39. The van der Waals surface area contributed by atoms with Crippen LogP contribution in [0.4, 0.5) is 0 Å². The van der Waals surface area contributed by atoms with Crippen molar-refractivity contribution in [2.75, 3.05) is 6.54 Å². The first-order valence-corrected chi connectivity index (χ1v) is 5.32. The van der Waals surface area contributed by atoms with E-state index < -0.39 is 0 Å². The van der Waals surface area contributed by atoms with E-state index >= 15 is 0 Å². The largest absolute Gasteiger partial charge is 0.330 e. The Morgan fingerprint density at radius 3 is 2.92 bits per heavy atom. The van der Waals surface area contributed by atoms with Crippen molar-refractivity contribution in [1.82, 2.24) is 0 Å². The van der Waals surface area contributed by atoms with Gasteiger partial charge in [-0.05, 0) is 31.0 Å². The smallest absolute Gasteiger partial charge is 0.0931 e. The second kappa shape index (κ2) is 2.72. The van der Waals surface area contributed by atoms with Crippen LogP contribution in [0.3, 0.4) is 0 Å². The van der Waals surface area contributed by atoms with E-state index in [9.17, 15) is 0 Å². The summed E-state index contributed by atoms with van der Waals surface area (Å²) in [5, 5.41) is 0. The zero-order valence-corrected chi connectivity index (χ0v) is 8.58. The second-order valence-corrected chi connectivity index (χ2v) is 5.37.